The fourth-order valence-electron chi connectivity index (χ4n) is 5.07. The summed E-state index contributed by atoms with van der Waals surface area (Å²) in [4.78, 5) is 36.7. The number of fused-ring (bicyclic) bond motifs is 1. The standard InChI is InChI=1S/C28H29N5O2S/c1-19-13-14-23-24(17-19)32(3)27(30-23)36-18-25(34)33(16-8-9-20(33)2)28(35)31-26-22(12-7-15-29-26)21-10-5-4-6-11-21/h4-7,10-15,17,20H,8-9,16,18H2,1-3H3/p+1/t20-,33?/m1/s1. The van der Waals surface area contributed by atoms with E-state index in [1.54, 1.807) is 6.20 Å². The third kappa shape index (κ3) is 4.31. The van der Waals surface area contributed by atoms with Gasteiger partial charge in [-0.15, -0.1) is 0 Å². The summed E-state index contributed by atoms with van der Waals surface area (Å²) >= 11 is 1.39. The number of hydrogen-bond acceptors (Lipinski definition) is 5. The minimum absolute atomic E-state index is 0.106. The van der Waals surface area contributed by atoms with E-state index in [0.717, 1.165) is 45.7 Å². The van der Waals surface area contributed by atoms with Crippen LogP contribution in [-0.4, -0.2) is 49.3 Å². The molecule has 3 amide bonds. The number of quaternary nitrogens is 1. The smallest absolute Gasteiger partial charge is 0.322 e. The van der Waals surface area contributed by atoms with Crippen LogP contribution in [0.3, 0.4) is 0 Å². The summed E-state index contributed by atoms with van der Waals surface area (Å²) in [5, 5.41) is 3.78. The Morgan fingerprint density at radius 2 is 1.94 bits per heavy atom. The molecule has 0 spiro atoms. The minimum Gasteiger partial charge on any atom is -0.322 e. The Hall–Kier alpha value is -3.49. The van der Waals surface area contributed by atoms with Gasteiger partial charge in [-0.1, -0.05) is 48.2 Å². The molecule has 1 unspecified atom stereocenters. The molecule has 0 bridgehead atoms. The normalized spacial score (nSPS) is 19.5. The molecule has 4 aromatic rings. The van der Waals surface area contributed by atoms with E-state index < -0.39 is 0 Å². The number of aryl methyl sites for hydroxylation is 2. The molecule has 2 atom stereocenters. The van der Waals surface area contributed by atoms with Gasteiger partial charge in [0.25, 0.3) is 0 Å². The van der Waals surface area contributed by atoms with E-state index in [9.17, 15) is 9.59 Å². The lowest BCUT2D eigenvalue weighted by molar-refractivity contribution is -0.781. The van der Waals surface area contributed by atoms with Gasteiger partial charge in [-0.25, -0.2) is 19.6 Å². The van der Waals surface area contributed by atoms with Crippen LogP contribution in [0.2, 0.25) is 0 Å². The Bertz CT molecular complexity index is 1430. The van der Waals surface area contributed by atoms with Crippen LogP contribution in [0.25, 0.3) is 22.2 Å². The number of nitrogens with zero attached hydrogens (tertiary/aromatic N) is 4. The quantitative estimate of drug-likeness (QED) is 0.277. The predicted octanol–water partition coefficient (Wildman–Crippen LogP) is 5.79. The van der Waals surface area contributed by atoms with Crippen LogP contribution in [0, 0.1) is 6.92 Å². The summed E-state index contributed by atoms with van der Waals surface area (Å²) in [7, 11) is 1.96. The molecule has 3 heterocycles. The number of nitrogens with one attached hydrogen (secondary N) is 1. The maximum absolute atomic E-state index is 13.8. The number of hydrogen-bond donors (Lipinski definition) is 1. The van der Waals surface area contributed by atoms with Gasteiger partial charge in [0.15, 0.2) is 5.16 Å². The highest BCUT2D eigenvalue weighted by Crippen LogP contribution is 2.33. The van der Waals surface area contributed by atoms with E-state index in [2.05, 4.69) is 23.3 Å². The number of imidazole rings is 1. The Morgan fingerprint density at radius 3 is 2.69 bits per heavy atom. The number of anilines is 1. The zero-order chi connectivity index (χ0) is 25.3. The van der Waals surface area contributed by atoms with Crippen LogP contribution in [-0.2, 0) is 11.8 Å². The van der Waals surface area contributed by atoms with Crippen LogP contribution >= 0.6 is 11.8 Å². The third-order valence-corrected chi connectivity index (χ3v) is 8.15. The van der Waals surface area contributed by atoms with Gasteiger partial charge in [0.2, 0.25) is 0 Å². The van der Waals surface area contributed by atoms with Gasteiger partial charge < -0.3 is 4.57 Å². The topological polar surface area (TPSA) is 76.9 Å². The van der Waals surface area contributed by atoms with Crippen molar-refractivity contribution in [3.8, 4) is 11.1 Å². The van der Waals surface area contributed by atoms with Gasteiger partial charge in [-0.2, -0.15) is 4.48 Å². The summed E-state index contributed by atoms with van der Waals surface area (Å²) in [5.74, 6) is 0.529. The lowest BCUT2D eigenvalue weighted by Crippen LogP contribution is -2.61. The Morgan fingerprint density at radius 1 is 1.14 bits per heavy atom. The first-order valence-corrected chi connectivity index (χ1v) is 13.2. The summed E-state index contributed by atoms with van der Waals surface area (Å²) in [6, 6.07) is 19.3. The Kier molecular flexibility index (Phi) is 6.64. The molecule has 5 rings (SSSR count). The van der Waals surface area contributed by atoms with Crippen molar-refractivity contribution >= 4 is 40.6 Å². The second-order valence-corrected chi connectivity index (χ2v) is 10.3. The van der Waals surface area contributed by atoms with E-state index in [1.807, 2.05) is 73.1 Å². The summed E-state index contributed by atoms with van der Waals surface area (Å²) < 4.78 is 1.79. The monoisotopic (exact) mass is 500 g/mol. The fourth-order valence-corrected chi connectivity index (χ4v) is 6.01. The van der Waals surface area contributed by atoms with Gasteiger partial charge >= 0.3 is 11.9 Å². The molecule has 8 heteroatoms. The van der Waals surface area contributed by atoms with Gasteiger partial charge in [0.1, 0.15) is 17.6 Å². The molecule has 0 radical (unpaired) electrons. The lowest BCUT2D eigenvalue weighted by atomic mass is 10.1. The van der Waals surface area contributed by atoms with E-state index >= 15 is 0 Å². The predicted molar refractivity (Wildman–Crippen MR) is 144 cm³/mol. The number of pyridine rings is 1. The molecule has 1 aliphatic heterocycles. The fraction of sp³-hybridized carbons (Fsp3) is 0.286. The molecule has 0 saturated carbocycles. The molecule has 184 valence electrons. The number of rotatable bonds is 5. The first-order valence-electron chi connectivity index (χ1n) is 12.2. The van der Waals surface area contributed by atoms with Gasteiger partial charge in [-0.3, -0.25) is 5.32 Å². The second-order valence-electron chi connectivity index (χ2n) is 9.41. The van der Waals surface area contributed by atoms with Crippen molar-refractivity contribution in [1.29, 1.82) is 0 Å². The minimum atomic E-state index is -0.317. The number of thioether (sulfide) groups is 1. The van der Waals surface area contributed by atoms with Gasteiger partial charge in [0, 0.05) is 31.6 Å². The number of aromatic nitrogens is 3. The first kappa shape index (κ1) is 24.2. The Labute approximate surface area is 215 Å². The highest BCUT2D eigenvalue weighted by Gasteiger charge is 2.52. The van der Waals surface area contributed by atoms with Crippen LogP contribution in [0.5, 0.6) is 0 Å². The van der Waals surface area contributed by atoms with Crippen molar-refractivity contribution in [1.82, 2.24) is 14.5 Å². The second kappa shape index (κ2) is 9.87. The van der Waals surface area contributed by atoms with Crippen molar-refractivity contribution < 1.29 is 14.1 Å². The number of carbonyl (C=O) groups excluding carboxylic acids is 2. The maximum Gasteiger partial charge on any atom is 0.429 e. The first-order chi connectivity index (χ1) is 17.4. The molecule has 2 aromatic carbocycles. The average molecular weight is 501 g/mol. The van der Waals surface area contributed by atoms with Gasteiger partial charge in [-0.05, 0) is 49.2 Å². The molecule has 1 saturated heterocycles. The van der Waals surface area contributed by atoms with E-state index in [1.165, 1.54) is 11.8 Å². The van der Waals surface area contributed by atoms with Crippen molar-refractivity contribution in [3.05, 3.63) is 72.4 Å². The molecule has 7 nitrogen and oxygen atoms in total. The van der Waals surface area contributed by atoms with E-state index in [-0.39, 0.29) is 28.2 Å². The molecule has 36 heavy (non-hydrogen) atoms. The molecule has 0 aliphatic carbocycles. The van der Waals surface area contributed by atoms with Crippen LogP contribution < -0.4 is 5.32 Å². The Balaban J connectivity index is 1.39. The van der Waals surface area contributed by atoms with Crippen molar-refractivity contribution in [2.75, 3.05) is 17.6 Å². The number of carbonyl (C=O) groups is 2. The number of likely N-dealkylation sites (tertiary alicyclic amines) is 1. The lowest BCUT2D eigenvalue weighted by Gasteiger charge is -2.32. The highest BCUT2D eigenvalue weighted by molar-refractivity contribution is 7.99. The third-order valence-electron chi connectivity index (χ3n) is 7.13. The highest BCUT2D eigenvalue weighted by atomic mass is 32.2. The summed E-state index contributed by atoms with van der Waals surface area (Å²) in [6.45, 7) is 4.53. The zero-order valence-electron chi connectivity index (χ0n) is 20.8. The zero-order valence-corrected chi connectivity index (χ0v) is 21.6. The summed E-state index contributed by atoms with van der Waals surface area (Å²) in [5.41, 5.74) is 4.88. The van der Waals surface area contributed by atoms with Crippen LogP contribution in [0.4, 0.5) is 10.6 Å². The van der Waals surface area contributed by atoms with Crippen molar-refractivity contribution in [2.24, 2.45) is 7.05 Å². The maximum atomic E-state index is 13.8. The largest absolute Gasteiger partial charge is 0.429 e. The molecule has 1 N–H and O–H groups in total. The molecular weight excluding hydrogens is 470 g/mol. The van der Waals surface area contributed by atoms with Gasteiger partial charge in [0.05, 0.1) is 17.6 Å². The van der Waals surface area contributed by atoms with Crippen LogP contribution in [0.15, 0.2) is 72.0 Å². The number of benzene rings is 2. The number of amides is 3. The SMILES string of the molecule is Cc1ccc2nc(SCC(=O)[N+]3(C(=O)Nc4ncccc4-c4ccccc4)CCC[C@H]3C)n(C)c2c1. The van der Waals surface area contributed by atoms with Crippen molar-refractivity contribution in [3.63, 3.8) is 0 Å². The molecule has 1 fully saturated rings. The molecule has 1 aliphatic rings. The van der Waals surface area contributed by atoms with Crippen LogP contribution in [0.1, 0.15) is 25.3 Å². The van der Waals surface area contributed by atoms with E-state index in [4.69, 9.17) is 4.98 Å². The van der Waals surface area contributed by atoms with E-state index in [0.29, 0.717) is 12.4 Å². The number of imide groups is 1. The van der Waals surface area contributed by atoms with Crippen molar-refractivity contribution in [2.45, 2.75) is 37.9 Å². The summed E-state index contributed by atoms with van der Waals surface area (Å²) in [6.07, 6.45) is 3.30. The average Bonchev–Trinajstić information content (AvgIpc) is 3.43. The molecule has 2 aromatic heterocycles. The molecular formula is C28H30N5O2S+. The number of urea groups is 1.